The first kappa shape index (κ1) is 16.0. The number of nitrogens with one attached hydrogen (secondary N) is 1. The van der Waals surface area contributed by atoms with Gasteiger partial charge in [0.1, 0.15) is 5.75 Å². The number of halogens is 1. The number of amides is 1. The van der Waals surface area contributed by atoms with Crippen molar-refractivity contribution < 1.29 is 9.53 Å². The molecule has 0 saturated heterocycles. The lowest BCUT2D eigenvalue weighted by atomic mass is 10.2. The van der Waals surface area contributed by atoms with Gasteiger partial charge < -0.3 is 10.1 Å². The predicted octanol–water partition coefficient (Wildman–Crippen LogP) is 2.42. The van der Waals surface area contributed by atoms with E-state index in [2.05, 4.69) is 21.2 Å². The van der Waals surface area contributed by atoms with Gasteiger partial charge in [-0.1, -0.05) is 22.9 Å². The van der Waals surface area contributed by atoms with Crippen molar-refractivity contribution in [2.75, 3.05) is 27.2 Å². The zero-order valence-electron chi connectivity index (χ0n) is 11.7. The van der Waals surface area contributed by atoms with Crippen LogP contribution in [0.25, 0.3) is 0 Å². The minimum Gasteiger partial charge on any atom is -0.497 e. The monoisotopic (exact) mass is 328 g/mol. The molecule has 1 N–H and O–H groups in total. The Kier molecular flexibility index (Phi) is 6.87. The zero-order chi connectivity index (χ0) is 14.3. The third kappa shape index (κ3) is 5.61. The third-order valence-corrected chi connectivity index (χ3v) is 3.45. The van der Waals surface area contributed by atoms with Gasteiger partial charge in [-0.2, -0.15) is 0 Å². The molecule has 0 aliphatic carbocycles. The molecule has 4 nitrogen and oxygen atoms in total. The van der Waals surface area contributed by atoms with E-state index in [0.717, 1.165) is 28.8 Å². The van der Waals surface area contributed by atoms with E-state index >= 15 is 0 Å². The summed E-state index contributed by atoms with van der Waals surface area (Å²) in [6, 6.07) is 5.84. The smallest absolute Gasteiger partial charge is 0.234 e. The normalized spacial score (nSPS) is 10.6. The molecule has 1 rings (SSSR count). The summed E-state index contributed by atoms with van der Waals surface area (Å²) in [6.07, 6.45) is 0.955. The van der Waals surface area contributed by atoms with Gasteiger partial charge in [-0.25, -0.2) is 0 Å². The van der Waals surface area contributed by atoms with E-state index in [4.69, 9.17) is 4.74 Å². The van der Waals surface area contributed by atoms with E-state index in [-0.39, 0.29) is 5.91 Å². The van der Waals surface area contributed by atoms with Gasteiger partial charge in [0.05, 0.1) is 13.7 Å². The van der Waals surface area contributed by atoms with Crippen LogP contribution in [0.5, 0.6) is 5.75 Å². The van der Waals surface area contributed by atoms with Crippen molar-refractivity contribution in [3.63, 3.8) is 0 Å². The SMILES string of the molecule is CCCNC(=O)CN(C)Cc1cc(OC)ccc1Br. The first-order valence-corrected chi connectivity index (χ1v) is 7.13. The van der Waals surface area contributed by atoms with Gasteiger partial charge in [-0.15, -0.1) is 0 Å². The van der Waals surface area contributed by atoms with Gasteiger partial charge in [0.15, 0.2) is 0 Å². The highest BCUT2D eigenvalue weighted by atomic mass is 79.9. The lowest BCUT2D eigenvalue weighted by molar-refractivity contribution is -0.122. The van der Waals surface area contributed by atoms with Crippen LogP contribution in [0.2, 0.25) is 0 Å². The second-order valence-corrected chi connectivity index (χ2v) is 5.33. The Balaban J connectivity index is 2.56. The zero-order valence-corrected chi connectivity index (χ0v) is 13.3. The van der Waals surface area contributed by atoms with Crippen LogP contribution >= 0.6 is 15.9 Å². The van der Waals surface area contributed by atoms with Crippen molar-refractivity contribution in [2.45, 2.75) is 19.9 Å². The van der Waals surface area contributed by atoms with E-state index < -0.39 is 0 Å². The first-order chi connectivity index (χ1) is 9.06. The quantitative estimate of drug-likeness (QED) is 0.835. The molecule has 0 bridgehead atoms. The maximum absolute atomic E-state index is 11.6. The summed E-state index contributed by atoms with van der Waals surface area (Å²) in [4.78, 5) is 13.6. The van der Waals surface area contributed by atoms with Gasteiger partial charge in [-0.3, -0.25) is 9.69 Å². The Hall–Kier alpha value is -1.07. The highest BCUT2D eigenvalue weighted by Crippen LogP contribution is 2.23. The van der Waals surface area contributed by atoms with Gasteiger partial charge in [0.25, 0.3) is 0 Å². The Bertz CT molecular complexity index is 424. The summed E-state index contributed by atoms with van der Waals surface area (Å²) in [5, 5.41) is 2.87. The molecule has 0 unspecified atom stereocenters. The number of hydrogen-bond donors (Lipinski definition) is 1. The predicted molar refractivity (Wildman–Crippen MR) is 80.3 cm³/mol. The number of methoxy groups -OCH3 is 1. The van der Waals surface area contributed by atoms with E-state index in [1.165, 1.54) is 0 Å². The third-order valence-electron chi connectivity index (χ3n) is 2.68. The molecule has 1 aromatic carbocycles. The Morgan fingerprint density at radius 1 is 1.47 bits per heavy atom. The second-order valence-electron chi connectivity index (χ2n) is 4.48. The highest BCUT2D eigenvalue weighted by molar-refractivity contribution is 9.10. The number of hydrogen-bond acceptors (Lipinski definition) is 3. The molecule has 0 spiro atoms. The van der Waals surface area contributed by atoms with Gasteiger partial charge in [0.2, 0.25) is 5.91 Å². The number of nitrogens with zero attached hydrogens (tertiary/aromatic N) is 1. The number of carbonyl (C=O) groups is 1. The lowest BCUT2D eigenvalue weighted by Crippen LogP contribution is -2.35. The van der Waals surface area contributed by atoms with Crippen molar-refractivity contribution >= 4 is 21.8 Å². The van der Waals surface area contributed by atoms with Crippen LogP contribution in [0, 0.1) is 0 Å². The van der Waals surface area contributed by atoms with Crippen LogP contribution < -0.4 is 10.1 Å². The summed E-state index contributed by atoms with van der Waals surface area (Å²) >= 11 is 3.51. The Labute approximate surface area is 123 Å². The average molecular weight is 329 g/mol. The van der Waals surface area contributed by atoms with Crippen LogP contribution in [0.4, 0.5) is 0 Å². The molecule has 0 heterocycles. The standard InChI is InChI=1S/C14H21BrN2O2/c1-4-7-16-14(18)10-17(2)9-11-8-12(19-3)5-6-13(11)15/h5-6,8H,4,7,9-10H2,1-3H3,(H,16,18). The maximum atomic E-state index is 11.6. The summed E-state index contributed by atoms with van der Waals surface area (Å²) in [7, 11) is 3.58. The van der Waals surface area contributed by atoms with Crippen LogP contribution in [0.15, 0.2) is 22.7 Å². The van der Waals surface area contributed by atoms with E-state index in [1.54, 1.807) is 7.11 Å². The van der Waals surface area contributed by atoms with Gasteiger partial charge >= 0.3 is 0 Å². The van der Waals surface area contributed by atoms with E-state index in [9.17, 15) is 4.79 Å². The second kappa shape index (κ2) is 8.17. The topological polar surface area (TPSA) is 41.6 Å². The molecular weight excluding hydrogens is 308 g/mol. The van der Waals surface area contributed by atoms with Crippen LogP contribution in [0.1, 0.15) is 18.9 Å². The molecule has 106 valence electrons. The minimum absolute atomic E-state index is 0.0587. The minimum atomic E-state index is 0.0587. The molecule has 0 aliphatic heterocycles. The Morgan fingerprint density at radius 3 is 2.84 bits per heavy atom. The lowest BCUT2D eigenvalue weighted by Gasteiger charge is -2.17. The number of rotatable bonds is 7. The van der Waals surface area contributed by atoms with Crippen LogP contribution in [-0.4, -0.2) is 38.1 Å². The molecule has 0 aliphatic rings. The molecule has 0 saturated carbocycles. The maximum Gasteiger partial charge on any atom is 0.234 e. The van der Waals surface area contributed by atoms with Gasteiger partial charge in [0, 0.05) is 17.6 Å². The molecule has 1 aromatic rings. The fraction of sp³-hybridized carbons (Fsp3) is 0.500. The first-order valence-electron chi connectivity index (χ1n) is 6.34. The molecule has 0 radical (unpaired) electrons. The van der Waals surface area contributed by atoms with Crippen molar-refractivity contribution in [3.8, 4) is 5.75 Å². The summed E-state index contributed by atoms with van der Waals surface area (Å²) in [6.45, 7) is 3.86. The van der Waals surface area contributed by atoms with Crippen LogP contribution in [0.3, 0.4) is 0 Å². The average Bonchev–Trinajstić information content (AvgIpc) is 2.38. The highest BCUT2D eigenvalue weighted by Gasteiger charge is 2.09. The van der Waals surface area contributed by atoms with E-state index in [0.29, 0.717) is 13.1 Å². The number of likely N-dealkylation sites (N-methyl/N-ethyl adjacent to an activating group) is 1. The number of carbonyl (C=O) groups excluding carboxylic acids is 1. The number of ether oxygens (including phenoxy) is 1. The molecule has 1 amide bonds. The molecular formula is C14H21BrN2O2. The van der Waals surface area contributed by atoms with Gasteiger partial charge in [-0.05, 0) is 37.2 Å². The summed E-state index contributed by atoms with van der Waals surface area (Å²) in [5.74, 6) is 0.880. The molecule has 0 fully saturated rings. The molecule has 19 heavy (non-hydrogen) atoms. The van der Waals surface area contributed by atoms with Crippen molar-refractivity contribution in [2.24, 2.45) is 0 Å². The summed E-state index contributed by atoms with van der Waals surface area (Å²) < 4.78 is 6.23. The van der Waals surface area contributed by atoms with E-state index in [1.807, 2.05) is 37.1 Å². The van der Waals surface area contributed by atoms with Crippen LogP contribution in [-0.2, 0) is 11.3 Å². The largest absolute Gasteiger partial charge is 0.497 e. The summed E-state index contributed by atoms with van der Waals surface area (Å²) in [5.41, 5.74) is 1.10. The number of benzene rings is 1. The molecule has 0 aromatic heterocycles. The molecule has 0 atom stereocenters. The fourth-order valence-electron chi connectivity index (χ4n) is 1.71. The Morgan fingerprint density at radius 2 is 2.21 bits per heavy atom. The fourth-order valence-corrected chi connectivity index (χ4v) is 2.08. The molecule has 5 heteroatoms. The van der Waals surface area contributed by atoms with Crippen molar-refractivity contribution in [1.29, 1.82) is 0 Å². The van der Waals surface area contributed by atoms with Crippen molar-refractivity contribution in [3.05, 3.63) is 28.2 Å². The van der Waals surface area contributed by atoms with Crippen molar-refractivity contribution in [1.82, 2.24) is 10.2 Å².